The van der Waals surface area contributed by atoms with Gasteiger partial charge in [0, 0.05) is 32.6 Å². The van der Waals surface area contributed by atoms with Crippen LogP contribution in [0.3, 0.4) is 0 Å². The molecule has 0 radical (unpaired) electrons. The van der Waals surface area contributed by atoms with Crippen LogP contribution < -0.4 is 10.5 Å². The number of thiophene rings is 1. The fourth-order valence-corrected chi connectivity index (χ4v) is 6.21. The monoisotopic (exact) mass is 548 g/mol. The van der Waals surface area contributed by atoms with Crippen LogP contribution in [0.5, 0.6) is 6.01 Å². The van der Waals surface area contributed by atoms with Crippen molar-refractivity contribution in [3.05, 3.63) is 63.6 Å². The van der Waals surface area contributed by atoms with Crippen molar-refractivity contribution in [3.63, 3.8) is 0 Å². The van der Waals surface area contributed by atoms with Crippen molar-refractivity contribution >= 4 is 33.4 Å². The number of rotatable bonds is 9. The van der Waals surface area contributed by atoms with Crippen LogP contribution in [0.4, 0.5) is 0 Å². The highest BCUT2D eigenvalue weighted by molar-refractivity contribution is 7.86. The van der Waals surface area contributed by atoms with Gasteiger partial charge in [-0.1, -0.05) is 31.2 Å². The van der Waals surface area contributed by atoms with Crippen molar-refractivity contribution in [2.75, 3.05) is 20.6 Å². The largest absolute Gasteiger partial charge is 0.480 e. The number of aromatic nitrogens is 3. The zero-order valence-corrected chi connectivity index (χ0v) is 22.1. The van der Waals surface area contributed by atoms with E-state index in [0.717, 1.165) is 24.4 Å². The highest BCUT2D eigenvalue weighted by Crippen LogP contribution is 2.39. The molecule has 0 aliphatic carbocycles. The molecule has 0 amide bonds. The van der Waals surface area contributed by atoms with Crippen LogP contribution in [0.15, 0.2) is 41.1 Å². The highest BCUT2D eigenvalue weighted by atomic mass is 32.2. The topological polar surface area (TPSA) is 161 Å². The third kappa shape index (κ3) is 5.29. The molecule has 3 aromatic rings. The Balaban J connectivity index is 1.72. The standard InChI is InChI=1S/C23H28N6O6S2/c1-14-11-28(37(33,34)27(2)3)19(22(31)32)18(14)20-25-23(29(26-20)21(30)17-8-9-36-13-17)35-12-16-6-4-15(10-24)5-7-16/h4-9,13-14,18-19H,10-12,24H2,1-3H3,(H,31,32). The predicted molar refractivity (Wildman–Crippen MR) is 135 cm³/mol. The summed E-state index contributed by atoms with van der Waals surface area (Å²) < 4.78 is 34.5. The SMILES string of the molecule is CC1CN(S(=O)(=O)N(C)C)C(C(=O)O)C1c1nc(OCc2ccc(CN)cc2)n(C(=O)c2ccsc2)n1. The van der Waals surface area contributed by atoms with E-state index in [9.17, 15) is 23.1 Å². The highest BCUT2D eigenvalue weighted by Gasteiger charge is 2.52. The summed E-state index contributed by atoms with van der Waals surface area (Å²) in [5.41, 5.74) is 7.77. The molecule has 0 spiro atoms. The summed E-state index contributed by atoms with van der Waals surface area (Å²) in [6, 6.07) is 7.48. The molecule has 1 aliphatic heterocycles. The van der Waals surface area contributed by atoms with Crippen molar-refractivity contribution < 1.29 is 27.9 Å². The van der Waals surface area contributed by atoms with Gasteiger partial charge in [0.25, 0.3) is 16.1 Å². The molecule has 3 heterocycles. The van der Waals surface area contributed by atoms with Gasteiger partial charge in [-0.3, -0.25) is 9.59 Å². The van der Waals surface area contributed by atoms with E-state index in [1.54, 1.807) is 23.8 Å². The molecule has 1 saturated heterocycles. The second-order valence-corrected chi connectivity index (χ2v) is 11.8. The van der Waals surface area contributed by atoms with Crippen LogP contribution in [-0.4, -0.2) is 75.5 Å². The van der Waals surface area contributed by atoms with E-state index in [2.05, 4.69) is 10.1 Å². The molecular weight excluding hydrogens is 520 g/mol. The van der Waals surface area contributed by atoms with Crippen molar-refractivity contribution in [3.8, 4) is 6.01 Å². The molecule has 2 aromatic heterocycles. The second kappa shape index (κ2) is 10.7. The number of carboxylic acid groups (broad SMARTS) is 1. The van der Waals surface area contributed by atoms with Gasteiger partial charge in [0.05, 0.1) is 11.5 Å². The average molecular weight is 549 g/mol. The minimum atomic E-state index is -4.03. The number of aliphatic carboxylic acids is 1. The van der Waals surface area contributed by atoms with Gasteiger partial charge in [-0.25, -0.2) is 0 Å². The van der Waals surface area contributed by atoms with E-state index in [4.69, 9.17) is 10.5 Å². The Kier molecular flexibility index (Phi) is 7.75. The van der Waals surface area contributed by atoms with Crippen LogP contribution in [0.1, 0.15) is 40.2 Å². The molecule has 0 bridgehead atoms. The van der Waals surface area contributed by atoms with Gasteiger partial charge in [0.1, 0.15) is 12.6 Å². The van der Waals surface area contributed by atoms with Crippen molar-refractivity contribution in [2.45, 2.75) is 32.0 Å². The van der Waals surface area contributed by atoms with Crippen LogP contribution in [0.25, 0.3) is 0 Å². The maximum absolute atomic E-state index is 13.2. The second-order valence-electron chi connectivity index (χ2n) is 8.94. The minimum absolute atomic E-state index is 0.0217. The van der Waals surface area contributed by atoms with Gasteiger partial charge in [0.2, 0.25) is 0 Å². The summed E-state index contributed by atoms with van der Waals surface area (Å²) >= 11 is 1.34. The van der Waals surface area contributed by atoms with Gasteiger partial charge in [0.15, 0.2) is 5.82 Å². The molecule has 3 unspecified atom stereocenters. The number of nitrogens with zero attached hydrogens (tertiary/aromatic N) is 5. The van der Waals surface area contributed by atoms with E-state index in [1.807, 2.05) is 24.3 Å². The first-order valence-electron chi connectivity index (χ1n) is 11.4. The Morgan fingerprint density at radius 1 is 1.22 bits per heavy atom. The zero-order chi connectivity index (χ0) is 26.9. The maximum Gasteiger partial charge on any atom is 0.323 e. The van der Waals surface area contributed by atoms with E-state index in [1.165, 1.54) is 25.4 Å². The van der Waals surface area contributed by atoms with E-state index < -0.39 is 40.0 Å². The zero-order valence-electron chi connectivity index (χ0n) is 20.5. The summed E-state index contributed by atoms with van der Waals surface area (Å²) in [5.74, 6) is -3.16. The third-order valence-electron chi connectivity index (χ3n) is 6.22. The Hall–Kier alpha value is -3.17. The van der Waals surface area contributed by atoms with E-state index in [-0.39, 0.29) is 25.0 Å². The lowest BCUT2D eigenvalue weighted by Crippen LogP contribution is -2.47. The number of ether oxygens (including phenoxy) is 1. The minimum Gasteiger partial charge on any atom is -0.480 e. The summed E-state index contributed by atoms with van der Waals surface area (Å²) in [5, 5.41) is 17.8. The average Bonchev–Trinajstić information content (AvgIpc) is 3.61. The van der Waals surface area contributed by atoms with Crippen LogP contribution in [0, 0.1) is 5.92 Å². The Labute approximate surface area is 218 Å². The molecule has 1 aromatic carbocycles. The molecule has 12 nitrogen and oxygen atoms in total. The number of carboxylic acids is 1. The number of carbonyl (C=O) groups is 2. The summed E-state index contributed by atoms with van der Waals surface area (Å²) in [7, 11) is -1.36. The van der Waals surface area contributed by atoms with Gasteiger partial charge >= 0.3 is 12.0 Å². The Bertz CT molecular complexity index is 1370. The summed E-state index contributed by atoms with van der Waals surface area (Å²) in [6.45, 7) is 2.16. The number of hydrogen-bond acceptors (Lipinski definition) is 9. The number of benzene rings is 1. The molecule has 0 saturated carbocycles. The molecule has 1 fully saturated rings. The first kappa shape index (κ1) is 26.9. The van der Waals surface area contributed by atoms with Crippen LogP contribution in [0.2, 0.25) is 0 Å². The van der Waals surface area contributed by atoms with Crippen molar-refractivity contribution in [1.29, 1.82) is 0 Å². The molecule has 37 heavy (non-hydrogen) atoms. The van der Waals surface area contributed by atoms with Crippen molar-refractivity contribution in [1.82, 2.24) is 23.4 Å². The molecule has 14 heteroatoms. The van der Waals surface area contributed by atoms with Gasteiger partial charge in [-0.15, -0.1) is 9.78 Å². The maximum atomic E-state index is 13.2. The smallest absolute Gasteiger partial charge is 0.323 e. The van der Waals surface area contributed by atoms with Crippen LogP contribution >= 0.6 is 11.3 Å². The quantitative estimate of drug-likeness (QED) is 0.402. The molecule has 3 N–H and O–H groups in total. The van der Waals surface area contributed by atoms with E-state index >= 15 is 0 Å². The third-order valence-corrected chi connectivity index (χ3v) is 8.80. The first-order valence-corrected chi connectivity index (χ1v) is 13.7. The fourth-order valence-electron chi connectivity index (χ4n) is 4.23. The predicted octanol–water partition coefficient (Wildman–Crippen LogP) is 1.36. The number of hydrogen-bond donors (Lipinski definition) is 2. The lowest BCUT2D eigenvalue weighted by Gasteiger charge is -2.25. The molecule has 198 valence electrons. The number of nitrogens with two attached hydrogens (primary N) is 1. The van der Waals surface area contributed by atoms with Gasteiger partial charge in [-0.2, -0.15) is 33.3 Å². The van der Waals surface area contributed by atoms with Crippen molar-refractivity contribution in [2.24, 2.45) is 11.7 Å². The van der Waals surface area contributed by atoms with Crippen LogP contribution in [-0.2, 0) is 28.2 Å². The lowest BCUT2D eigenvalue weighted by atomic mass is 9.91. The Morgan fingerprint density at radius 3 is 2.46 bits per heavy atom. The van der Waals surface area contributed by atoms with E-state index in [0.29, 0.717) is 12.1 Å². The Morgan fingerprint density at radius 2 is 1.89 bits per heavy atom. The summed E-state index contributed by atoms with van der Waals surface area (Å²) in [4.78, 5) is 29.9. The summed E-state index contributed by atoms with van der Waals surface area (Å²) in [6.07, 6.45) is 0. The normalized spacial score (nSPS) is 20.4. The fraction of sp³-hybridized carbons (Fsp3) is 0.391. The van der Waals surface area contributed by atoms with Gasteiger partial charge in [-0.05, 0) is 28.5 Å². The molecule has 3 atom stereocenters. The lowest BCUT2D eigenvalue weighted by molar-refractivity contribution is -0.141. The first-order chi connectivity index (χ1) is 17.5. The molecular formula is C23H28N6O6S2. The number of carbonyl (C=O) groups excluding carboxylic acids is 1. The molecule has 1 aliphatic rings. The van der Waals surface area contributed by atoms with Gasteiger partial charge < -0.3 is 15.6 Å². The molecule has 4 rings (SSSR count).